The summed E-state index contributed by atoms with van der Waals surface area (Å²) in [6.07, 6.45) is 1.70. The Morgan fingerprint density at radius 1 is 1.50 bits per heavy atom. The number of nitrogens with zero attached hydrogens (tertiary/aromatic N) is 1. The average molecular weight is 247 g/mol. The molecule has 0 aliphatic carbocycles. The lowest BCUT2D eigenvalue weighted by molar-refractivity contribution is -0.384. The molecule has 0 aromatic heterocycles. The third-order valence-corrected chi connectivity index (χ3v) is 2.62. The van der Waals surface area contributed by atoms with E-state index in [0.29, 0.717) is 16.9 Å². The Labute approximate surface area is 104 Å². The Balaban J connectivity index is 2.63. The number of ether oxygens (including phenoxy) is 1. The predicted molar refractivity (Wildman–Crippen MR) is 67.7 cm³/mol. The fourth-order valence-corrected chi connectivity index (χ4v) is 1.89. The van der Waals surface area contributed by atoms with E-state index in [2.05, 4.69) is 0 Å². The molecule has 1 aliphatic heterocycles. The van der Waals surface area contributed by atoms with Crippen molar-refractivity contribution >= 4 is 17.1 Å². The number of hydrogen-bond acceptors (Lipinski definition) is 4. The first kappa shape index (κ1) is 12.1. The number of amidine groups is 1. The Morgan fingerprint density at radius 2 is 2.17 bits per heavy atom. The van der Waals surface area contributed by atoms with Gasteiger partial charge in [0.1, 0.15) is 17.2 Å². The molecule has 18 heavy (non-hydrogen) atoms. The van der Waals surface area contributed by atoms with E-state index in [4.69, 9.17) is 15.9 Å². The van der Waals surface area contributed by atoms with Crippen LogP contribution in [0.2, 0.25) is 0 Å². The largest absolute Gasteiger partial charge is 0.483 e. The molecule has 6 nitrogen and oxygen atoms in total. The molecular weight excluding hydrogens is 234 g/mol. The van der Waals surface area contributed by atoms with Crippen LogP contribution in [0, 0.1) is 15.5 Å². The third-order valence-electron chi connectivity index (χ3n) is 2.62. The molecule has 0 amide bonds. The van der Waals surface area contributed by atoms with Crippen LogP contribution in [0.5, 0.6) is 5.75 Å². The molecule has 1 aromatic carbocycles. The third kappa shape index (κ3) is 2.04. The summed E-state index contributed by atoms with van der Waals surface area (Å²) in [6.45, 7) is 3.67. The number of rotatable bonds is 2. The molecule has 94 valence electrons. The zero-order chi connectivity index (χ0) is 13.5. The van der Waals surface area contributed by atoms with E-state index in [1.807, 2.05) is 13.8 Å². The Bertz CT molecular complexity index is 576. The van der Waals surface area contributed by atoms with Gasteiger partial charge in [0.05, 0.1) is 4.92 Å². The zero-order valence-electron chi connectivity index (χ0n) is 10.1. The van der Waals surface area contributed by atoms with E-state index in [9.17, 15) is 10.1 Å². The molecule has 0 radical (unpaired) electrons. The molecule has 1 heterocycles. The van der Waals surface area contributed by atoms with Crippen LogP contribution in [0.15, 0.2) is 24.3 Å². The summed E-state index contributed by atoms with van der Waals surface area (Å²) < 4.78 is 5.68. The van der Waals surface area contributed by atoms with Crippen LogP contribution in [0.25, 0.3) is 5.57 Å². The first-order valence-corrected chi connectivity index (χ1v) is 5.35. The maximum Gasteiger partial charge on any atom is 0.270 e. The van der Waals surface area contributed by atoms with Gasteiger partial charge in [-0.2, -0.15) is 0 Å². The number of fused-ring (bicyclic) bond motifs is 1. The van der Waals surface area contributed by atoms with Gasteiger partial charge < -0.3 is 10.5 Å². The molecule has 0 atom stereocenters. The van der Waals surface area contributed by atoms with Gasteiger partial charge in [0.25, 0.3) is 5.69 Å². The van der Waals surface area contributed by atoms with Gasteiger partial charge in [-0.05, 0) is 26.0 Å². The maximum atomic E-state index is 10.8. The summed E-state index contributed by atoms with van der Waals surface area (Å²) in [4.78, 5) is 10.3. The SMILES string of the molecule is CC1(C)C=C(C(=N)N)c2cc([N+](=O)[O-])ccc2O1. The van der Waals surface area contributed by atoms with Crippen LogP contribution >= 0.6 is 0 Å². The summed E-state index contributed by atoms with van der Waals surface area (Å²) in [5, 5.41) is 18.3. The molecule has 6 heteroatoms. The highest BCUT2D eigenvalue weighted by Crippen LogP contribution is 2.37. The average Bonchev–Trinajstić information content (AvgIpc) is 2.25. The van der Waals surface area contributed by atoms with Gasteiger partial charge in [-0.15, -0.1) is 0 Å². The van der Waals surface area contributed by atoms with E-state index in [0.717, 1.165) is 0 Å². The van der Waals surface area contributed by atoms with Crippen molar-refractivity contribution in [2.75, 3.05) is 0 Å². The summed E-state index contributed by atoms with van der Waals surface area (Å²) in [5.41, 5.74) is 5.82. The number of nitrogens with two attached hydrogens (primary N) is 1. The number of hydrogen-bond donors (Lipinski definition) is 2. The second-order valence-electron chi connectivity index (χ2n) is 4.61. The minimum Gasteiger partial charge on any atom is -0.483 e. The standard InChI is InChI=1S/C12H13N3O3/c1-12(2)6-9(11(13)14)8-5-7(15(16)17)3-4-10(8)18-12/h3-6H,1-2H3,(H3,13,14). The predicted octanol–water partition coefficient (Wildman–Crippen LogP) is 2.09. The van der Waals surface area contributed by atoms with Gasteiger partial charge >= 0.3 is 0 Å². The van der Waals surface area contributed by atoms with E-state index in [1.54, 1.807) is 6.08 Å². The highest BCUT2D eigenvalue weighted by molar-refractivity contribution is 6.21. The minimum absolute atomic E-state index is 0.0517. The van der Waals surface area contributed by atoms with Crippen molar-refractivity contribution in [3.8, 4) is 5.75 Å². The van der Waals surface area contributed by atoms with Crippen molar-refractivity contribution in [1.29, 1.82) is 5.41 Å². The second-order valence-corrected chi connectivity index (χ2v) is 4.61. The Morgan fingerprint density at radius 3 is 2.72 bits per heavy atom. The highest BCUT2D eigenvalue weighted by atomic mass is 16.6. The number of benzene rings is 1. The molecule has 0 saturated carbocycles. The van der Waals surface area contributed by atoms with Crippen LogP contribution in [-0.4, -0.2) is 16.4 Å². The van der Waals surface area contributed by atoms with Crippen LogP contribution in [-0.2, 0) is 0 Å². The second kappa shape index (κ2) is 3.83. The van der Waals surface area contributed by atoms with Gasteiger partial charge in [0, 0.05) is 23.3 Å². The summed E-state index contributed by atoms with van der Waals surface area (Å²) in [5.74, 6) is 0.367. The lowest BCUT2D eigenvalue weighted by atomic mass is 9.94. The molecule has 2 rings (SSSR count). The fourth-order valence-electron chi connectivity index (χ4n) is 1.89. The fraction of sp³-hybridized carbons (Fsp3) is 0.250. The van der Waals surface area contributed by atoms with Crippen molar-refractivity contribution in [2.24, 2.45) is 5.73 Å². The monoisotopic (exact) mass is 247 g/mol. The van der Waals surface area contributed by atoms with Crippen molar-refractivity contribution < 1.29 is 9.66 Å². The van der Waals surface area contributed by atoms with Crippen LogP contribution in [0.1, 0.15) is 19.4 Å². The molecule has 0 bridgehead atoms. The van der Waals surface area contributed by atoms with E-state index >= 15 is 0 Å². The molecule has 0 unspecified atom stereocenters. The quantitative estimate of drug-likeness (QED) is 0.361. The van der Waals surface area contributed by atoms with Crippen LogP contribution in [0.4, 0.5) is 5.69 Å². The van der Waals surface area contributed by atoms with E-state index < -0.39 is 10.5 Å². The number of nitro groups is 1. The van der Waals surface area contributed by atoms with Gasteiger partial charge in [0.15, 0.2) is 0 Å². The zero-order valence-corrected chi connectivity index (χ0v) is 10.1. The topological polar surface area (TPSA) is 102 Å². The highest BCUT2D eigenvalue weighted by Gasteiger charge is 2.29. The molecule has 1 aliphatic rings. The van der Waals surface area contributed by atoms with Gasteiger partial charge in [0.2, 0.25) is 0 Å². The Hall–Kier alpha value is -2.37. The lowest BCUT2D eigenvalue weighted by Gasteiger charge is -2.30. The molecular formula is C12H13N3O3. The maximum absolute atomic E-state index is 10.8. The van der Waals surface area contributed by atoms with E-state index in [1.165, 1.54) is 18.2 Å². The van der Waals surface area contributed by atoms with Crippen molar-refractivity contribution in [3.63, 3.8) is 0 Å². The smallest absolute Gasteiger partial charge is 0.270 e. The van der Waals surface area contributed by atoms with E-state index in [-0.39, 0.29) is 11.5 Å². The van der Waals surface area contributed by atoms with Gasteiger partial charge in [-0.1, -0.05) is 0 Å². The molecule has 0 spiro atoms. The first-order chi connectivity index (χ1) is 8.30. The molecule has 3 N–H and O–H groups in total. The van der Waals surface area contributed by atoms with Crippen molar-refractivity contribution in [2.45, 2.75) is 19.4 Å². The van der Waals surface area contributed by atoms with Crippen LogP contribution < -0.4 is 10.5 Å². The van der Waals surface area contributed by atoms with Crippen LogP contribution in [0.3, 0.4) is 0 Å². The van der Waals surface area contributed by atoms with Crippen molar-refractivity contribution in [1.82, 2.24) is 0 Å². The summed E-state index contributed by atoms with van der Waals surface area (Å²) >= 11 is 0. The molecule has 1 aromatic rings. The number of non-ortho nitro benzene ring substituents is 1. The lowest BCUT2D eigenvalue weighted by Crippen LogP contribution is -2.31. The first-order valence-electron chi connectivity index (χ1n) is 5.35. The number of nitro benzene ring substituents is 1. The molecule has 0 fully saturated rings. The van der Waals surface area contributed by atoms with Gasteiger partial charge in [-0.25, -0.2) is 0 Å². The van der Waals surface area contributed by atoms with Gasteiger partial charge in [-0.3, -0.25) is 15.5 Å². The van der Waals surface area contributed by atoms with Crippen molar-refractivity contribution in [3.05, 3.63) is 40.0 Å². The normalized spacial score (nSPS) is 16.2. The summed E-state index contributed by atoms with van der Waals surface area (Å²) in [7, 11) is 0. The Kier molecular flexibility index (Phi) is 2.58. The minimum atomic E-state index is -0.593. The number of nitrogens with one attached hydrogen (secondary N) is 1. The molecule has 0 saturated heterocycles. The summed E-state index contributed by atoms with van der Waals surface area (Å²) in [6, 6.07) is 4.28.